The third-order valence-electron chi connectivity index (χ3n) is 2.43. The Kier molecular flexibility index (Phi) is 3.15. The summed E-state index contributed by atoms with van der Waals surface area (Å²) in [6.07, 6.45) is 1.46. The number of aromatic amines is 1. The average molecular weight is 264 g/mol. The van der Waals surface area contributed by atoms with E-state index in [2.05, 4.69) is 15.5 Å². The summed E-state index contributed by atoms with van der Waals surface area (Å²) >= 11 is 4.85. The van der Waals surface area contributed by atoms with Crippen molar-refractivity contribution in [2.45, 2.75) is 13.8 Å². The van der Waals surface area contributed by atoms with Crippen LogP contribution in [-0.2, 0) is 0 Å². The van der Waals surface area contributed by atoms with E-state index < -0.39 is 0 Å². The molecular weight excluding hydrogens is 252 g/mol. The first-order valence-corrected chi connectivity index (χ1v) is 5.61. The van der Waals surface area contributed by atoms with E-state index in [1.807, 2.05) is 0 Å². The molecule has 18 heavy (non-hydrogen) atoms. The molecule has 2 rings (SSSR count). The molecule has 0 atom stereocenters. The number of thiocarbonyl (C=S) groups is 1. The molecule has 0 radical (unpaired) electrons. The summed E-state index contributed by atoms with van der Waals surface area (Å²) < 4.78 is 5.30. The van der Waals surface area contributed by atoms with Gasteiger partial charge in [-0.25, -0.2) is 0 Å². The molecule has 0 bridgehead atoms. The second kappa shape index (κ2) is 4.61. The highest BCUT2D eigenvalue weighted by Crippen LogP contribution is 2.17. The largest absolute Gasteiger partial charge is 0.466 e. The molecule has 0 aromatic carbocycles. The van der Waals surface area contributed by atoms with Crippen LogP contribution in [0.3, 0.4) is 0 Å². The number of amides is 1. The van der Waals surface area contributed by atoms with Gasteiger partial charge in [0.05, 0.1) is 17.3 Å². The number of carbonyl (C=O) groups is 1. The Morgan fingerprint density at radius 2 is 2.22 bits per heavy atom. The second-order valence-corrected chi connectivity index (χ2v) is 4.24. The van der Waals surface area contributed by atoms with Crippen LogP contribution >= 0.6 is 12.2 Å². The van der Waals surface area contributed by atoms with Crippen molar-refractivity contribution < 1.29 is 9.21 Å². The predicted molar refractivity (Wildman–Crippen MR) is 70.6 cm³/mol. The zero-order chi connectivity index (χ0) is 13.3. The predicted octanol–water partition coefficient (Wildman–Crippen LogP) is 1.51. The van der Waals surface area contributed by atoms with Gasteiger partial charge >= 0.3 is 0 Å². The summed E-state index contributed by atoms with van der Waals surface area (Å²) in [5, 5.41) is 9.08. The molecule has 0 aliphatic carbocycles. The summed E-state index contributed by atoms with van der Waals surface area (Å²) in [6, 6.07) is 1.67. The Hall–Kier alpha value is -2.15. The first-order valence-electron chi connectivity index (χ1n) is 5.20. The lowest BCUT2D eigenvalue weighted by atomic mass is 10.2. The lowest BCUT2D eigenvalue weighted by Crippen LogP contribution is -2.17. The molecule has 1 amide bonds. The van der Waals surface area contributed by atoms with Crippen LogP contribution in [0.25, 0.3) is 0 Å². The van der Waals surface area contributed by atoms with Crippen LogP contribution in [0.2, 0.25) is 0 Å². The number of rotatable bonds is 3. The van der Waals surface area contributed by atoms with Crippen molar-refractivity contribution in [3.63, 3.8) is 0 Å². The molecule has 0 fully saturated rings. The van der Waals surface area contributed by atoms with Crippen molar-refractivity contribution in [2.75, 3.05) is 5.32 Å². The lowest BCUT2D eigenvalue weighted by molar-refractivity contribution is 0.102. The van der Waals surface area contributed by atoms with Gasteiger partial charge in [0.2, 0.25) is 0 Å². The van der Waals surface area contributed by atoms with Gasteiger partial charge in [0, 0.05) is 0 Å². The maximum absolute atomic E-state index is 12.0. The Bertz CT molecular complexity index is 614. The summed E-state index contributed by atoms with van der Waals surface area (Å²) in [5.74, 6) is 1.31. The van der Waals surface area contributed by atoms with Gasteiger partial charge in [0.15, 0.2) is 0 Å². The molecule has 0 saturated carbocycles. The molecule has 0 aliphatic heterocycles. The molecule has 2 aromatic rings. The number of H-pyrrole nitrogens is 1. The van der Waals surface area contributed by atoms with E-state index in [9.17, 15) is 4.79 Å². The zero-order valence-corrected chi connectivity index (χ0v) is 10.7. The molecule has 6 nitrogen and oxygen atoms in total. The van der Waals surface area contributed by atoms with Crippen molar-refractivity contribution in [3.8, 4) is 0 Å². The van der Waals surface area contributed by atoms with E-state index in [0.717, 1.165) is 0 Å². The third-order valence-corrected chi connectivity index (χ3v) is 2.65. The molecule has 0 aliphatic rings. The highest BCUT2D eigenvalue weighted by molar-refractivity contribution is 7.80. The molecule has 0 saturated heterocycles. The summed E-state index contributed by atoms with van der Waals surface area (Å²) in [7, 11) is 0. The van der Waals surface area contributed by atoms with Crippen molar-refractivity contribution in [2.24, 2.45) is 5.73 Å². The maximum atomic E-state index is 12.0. The van der Waals surface area contributed by atoms with Crippen LogP contribution in [0, 0.1) is 13.8 Å². The van der Waals surface area contributed by atoms with E-state index in [0.29, 0.717) is 28.5 Å². The maximum Gasteiger partial charge on any atom is 0.260 e. The smallest absolute Gasteiger partial charge is 0.260 e. The van der Waals surface area contributed by atoms with Crippen LogP contribution in [0.4, 0.5) is 5.82 Å². The van der Waals surface area contributed by atoms with Gasteiger partial charge in [-0.1, -0.05) is 12.2 Å². The molecule has 2 aromatic heterocycles. The van der Waals surface area contributed by atoms with Gasteiger partial charge in [0.1, 0.15) is 22.3 Å². The van der Waals surface area contributed by atoms with Crippen molar-refractivity contribution in [1.29, 1.82) is 0 Å². The van der Waals surface area contributed by atoms with E-state index in [1.165, 1.54) is 6.20 Å². The van der Waals surface area contributed by atoms with Crippen LogP contribution in [0.5, 0.6) is 0 Å². The molecule has 7 heteroatoms. The van der Waals surface area contributed by atoms with Gasteiger partial charge in [-0.15, -0.1) is 0 Å². The number of carbonyl (C=O) groups excluding carboxylic acids is 1. The highest BCUT2D eigenvalue weighted by atomic mass is 32.1. The molecular formula is C11H12N4O2S. The normalized spacial score (nSPS) is 10.3. The lowest BCUT2D eigenvalue weighted by Gasteiger charge is -2.03. The fourth-order valence-electron chi connectivity index (χ4n) is 1.61. The van der Waals surface area contributed by atoms with Gasteiger partial charge in [-0.05, 0) is 19.9 Å². The fourth-order valence-corrected chi connectivity index (χ4v) is 1.76. The van der Waals surface area contributed by atoms with Gasteiger partial charge in [-0.3, -0.25) is 9.89 Å². The summed E-state index contributed by atoms with van der Waals surface area (Å²) in [4.78, 5) is 12.2. The Morgan fingerprint density at radius 1 is 1.50 bits per heavy atom. The number of nitrogens with one attached hydrogen (secondary N) is 2. The number of aryl methyl sites for hydroxylation is 2. The molecule has 0 unspecified atom stereocenters. The number of nitrogens with two attached hydrogens (primary N) is 1. The topological polar surface area (TPSA) is 96.9 Å². The number of anilines is 1. The van der Waals surface area contributed by atoms with Crippen LogP contribution in [0.1, 0.15) is 27.4 Å². The monoisotopic (exact) mass is 264 g/mol. The van der Waals surface area contributed by atoms with Crippen LogP contribution in [0.15, 0.2) is 16.7 Å². The Balaban J connectivity index is 2.24. The molecule has 0 spiro atoms. The first-order chi connectivity index (χ1) is 8.49. The minimum absolute atomic E-state index is 0.166. The summed E-state index contributed by atoms with van der Waals surface area (Å²) in [5.41, 5.74) is 6.47. The Labute approximate surface area is 109 Å². The van der Waals surface area contributed by atoms with Crippen molar-refractivity contribution >= 4 is 28.9 Å². The standard InChI is InChI=1S/C11H12N4O2S/c1-5-3-7(6(2)17-5)11(16)14-10-8(9(12)18)4-13-15-10/h3-4H,1-2H3,(H2,12,18)(H2,13,14,15,16). The molecule has 4 N–H and O–H groups in total. The zero-order valence-electron chi connectivity index (χ0n) is 9.90. The number of nitrogens with zero attached hydrogens (tertiary/aromatic N) is 1. The van der Waals surface area contributed by atoms with E-state index in [-0.39, 0.29) is 10.9 Å². The van der Waals surface area contributed by atoms with Gasteiger partial charge in [0.25, 0.3) is 5.91 Å². The van der Waals surface area contributed by atoms with E-state index >= 15 is 0 Å². The number of hydrogen-bond acceptors (Lipinski definition) is 4. The SMILES string of the molecule is Cc1cc(C(=O)Nc2[nH]ncc2C(N)=S)c(C)o1. The molecule has 2 heterocycles. The quantitative estimate of drug-likeness (QED) is 0.730. The second-order valence-electron chi connectivity index (χ2n) is 3.80. The van der Waals surface area contributed by atoms with Gasteiger partial charge < -0.3 is 15.5 Å². The average Bonchev–Trinajstić information content (AvgIpc) is 2.85. The van der Waals surface area contributed by atoms with Crippen LogP contribution in [-0.4, -0.2) is 21.1 Å². The summed E-state index contributed by atoms with van der Waals surface area (Å²) in [6.45, 7) is 3.50. The van der Waals surface area contributed by atoms with Gasteiger partial charge in [-0.2, -0.15) is 5.10 Å². The minimum atomic E-state index is -0.300. The van der Waals surface area contributed by atoms with E-state index in [1.54, 1.807) is 19.9 Å². The first kappa shape index (κ1) is 12.3. The minimum Gasteiger partial charge on any atom is -0.466 e. The molecule has 94 valence electrons. The fraction of sp³-hybridized carbons (Fsp3) is 0.182. The number of hydrogen-bond donors (Lipinski definition) is 3. The van der Waals surface area contributed by atoms with Crippen molar-refractivity contribution in [3.05, 3.63) is 34.9 Å². The number of furan rings is 1. The van der Waals surface area contributed by atoms with Crippen LogP contribution < -0.4 is 11.1 Å². The van der Waals surface area contributed by atoms with E-state index in [4.69, 9.17) is 22.4 Å². The Morgan fingerprint density at radius 3 is 2.78 bits per heavy atom. The van der Waals surface area contributed by atoms with Crippen molar-refractivity contribution in [1.82, 2.24) is 10.2 Å². The highest BCUT2D eigenvalue weighted by Gasteiger charge is 2.16. The number of aromatic nitrogens is 2. The third kappa shape index (κ3) is 2.25.